The summed E-state index contributed by atoms with van der Waals surface area (Å²) in [7, 11) is 0. The lowest BCUT2D eigenvalue weighted by molar-refractivity contribution is -0.134. The Morgan fingerprint density at radius 1 is 1.20 bits per heavy atom. The van der Waals surface area contributed by atoms with Gasteiger partial charge in [-0.15, -0.1) is 0 Å². The second kappa shape index (κ2) is 8.00. The second-order valence-electron chi connectivity index (χ2n) is 6.98. The second-order valence-corrected chi connectivity index (χ2v) is 6.98. The van der Waals surface area contributed by atoms with Gasteiger partial charge in [0, 0.05) is 25.2 Å². The Morgan fingerprint density at radius 2 is 1.88 bits per heavy atom. The van der Waals surface area contributed by atoms with Crippen molar-refractivity contribution in [2.45, 2.75) is 45.1 Å². The van der Waals surface area contributed by atoms with Crippen LogP contribution in [0.3, 0.4) is 0 Å². The molecule has 1 aliphatic heterocycles. The van der Waals surface area contributed by atoms with Gasteiger partial charge in [-0.25, -0.2) is 4.79 Å². The van der Waals surface area contributed by atoms with Crippen LogP contribution in [0.2, 0.25) is 0 Å². The van der Waals surface area contributed by atoms with Crippen LogP contribution >= 0.6 is 0 Å². The van der Waals surface area contributed by atoms with Crippen LogP contribution in [0.1, 0.15) is 45.1 Å². The summed E-state index contributed by atoms with van der Waals surface area (Å²) in [4.78, 5) is 34.6. The van der Waals surface area contributed by atoms with Crippen molar-refractivity contribution in [3.63, 3.8) is 0 Å². The van der Waals surface area contributed by atoms with E-state index in [9.17, 15) is 14.4 Å². The molecule has 3 N–H and O–H groups in total. The third-order valence-corrected chi connectivity index (χ3v) is 3.67. The number of carbonyl (C=O) groups excluding carboxylic acids is 3. The Kier molecular flexibility index (Phi) is 6.01. The van der Waals surface area contributed by atoms with Crippen LogP contribution in [0.5, 0.6) is 0 Å². The normalized spacial score (nSPS) is 17.6. The highest BCUT2D eigenvalue weighted by atomic mass is 16.6. The first kappa shape index (κ1) is 18.8. The highest BCUT2D eigenvalue weighted by Crippen LogP contribution is 2.25. The first-order valence-corrected chi connectivity index (χ1v) is 8.39. The quantitative estimate of drug-likeness (QED) is 0.560. The highest BCUT2D eigenvalue weighted by Gasteiger charge is 2.27. The Labute approximate surface area is 147 Å². The summed E-state index contributed by atoms with van der Waals surface area (Å²) < 4.78 is 5.15. The summed E-state index contributed by atoms with van der Waals surface area (Å²) in [5.41, 5.74) is 1.27. The van der Waals surface area contributed by atoms with Crippen molar-refractivity contribution in [1.29, 1.82) is 0 Å². The van der Waals surface area contributed by atoms with Crippen molar-refractivity contribution in [1.82, 2.24) is 10.6 Å². The van der Waals surface area contributed by atoms with Crippen molar-refractivity contribution in [2.24, 2.45) is 0 Å². The lowest BCUT2D eigenvalue weighted by Gasteiger charge is -2.21. The van der Waals surface area contributed by atoms with E-state index in [0.29, 0.717) is 25.9 Å². The number of benzene rings is 1. The number of alkyl carbamates (subject to hydrolysis) is 1. The summed E-state index contributed by atoms with van der Waals surface area (Å²) in [5.74, 6) is -0.726. The summed E-state index contributed by atoms with van der Waals surface area (Å²) in [6.45, 7) is 6.43. The molecule has 1 aliphatic rings. The monoisotopic (exact) mass is 347 g/mol. The topological polar surface area (TPSA) is 96.5 Å². The molecule has 0 saturated carbocycles. The van der Waals surface area contributed by atoms with Crippen LogP contribution in [0.15, 0.2) is 24.3 Å². The molecule has 3 amide bonds. The highest BCUT2D eigenvalue weighted by molar-refractivity contribution is 6.00. The fourth-order valence-corrected chi connectivity index (χ4v) is 2.53. The summed E-state index contributed by atoms with van der Waals surface area (Å²) in [6.07, 6.45) is 0.465. The zero-order valence-electron chi connectivity index (χ0n) is 14.8. The van der Waals surface area contributed by atoms with E-state index in [2.05, 4.69) is 16.0 Å². The summed E-state index contributed by atoms with van der Waals surface area (Å²) in [6, 6.07) is 7.52. The third-order valence-electron chi connectivity index (χ3n) is 3.67. The van der Waals surface area contributed by atoms with E-state index in [1.807, 2.05) is 45.0 Å². The molecular weight excluding hydrogens is 322 g/mol. The van der Waals surface area contributed by atoms with Crippen LogP contribution in [-0.2, 0) is 14.3 Å². The maximum Gasteiger partial charge on any atom is 0.407 e. The molecular formula is C18H25N3O4. The Bertz CT molecular complexity index is 635. The van der Waals surface area contributed by atoms with Crippen molar-refractivity contribution < 1.29 is 19.1 Å². The predicted molar refractivity (Wildman–Crippen MR) is 94.3 cm³/mol. The molecule has 0 aliphatic carbocycles. The standard InChI is InChI=1S/C18H25N3O4/c1-18(2,3)25-17(24)20-11-10-19-13-6-4-12(5-7-13)14-8-9-15(22)21-16(14)23/h4-7,14,19H,8-11H2,1-3H3,(H,20,24)(H,21,22,23). The van der Waals surface area contributed by atoms with Gasteiger partial charge in [-0.1, -0.05) is 12.1 Å². The molecule has 1 aromatic rings. The van der Waals surface area contributed by atoms with E-state index in [4.69, 9.17) is 4.74 Å². The van der Waals surface area contributed by atoms with Crippen LogP contribution in [-0.4, -0.2) is 36.6 Å². The van der Waals surface area contributed by atoms with Gasteiger partial charge < -0.3 is 15.4 Å². The van der Waals surface area contributed by atoms with E-state index in [1.54, 1.807) is 0 Å². The van der Waals surface area contributed by atoms with Gasteiger partial charge in [-0.05, 0) is 44.9 Å². The molecule has 25 heavy (non-hydrogen) atoms. The summed E-state index contributed by atoms with van der Waals surface area (Å²) >= 11 is 0. The lowest BCUT2D eigenvalue weighted by Crippen LogP contribution is -2.39. The number of hydrogen-bond donors (Lipinski definition) is 3. The van der Waals surface area contributed by atoms with Gasteiger partial charge in [-0.3, -0.25) is 14.9 Å². The molecule has 0 radical (unpaired) electrons. The van der Waals surface area contributed by atoms with Gasteiger partial charge >= 0.3 is 6.09 Å². The number of nitrogens with one attached hydrogen (secondary N) is 3. The van der Waals surface area contributed by atoms with Gasteiger partial charge in [0.25, 0.3) is 0 Å². The first-order valence-electron chi connectivity index (χ1n) is 8.39. The average Bonchev–Trinajstić information content (AvgIpc) is 2.51. The zero-order valence-corrected chi connectivity index (χ0v) is 14.8. The summed E-state index contributed by atoms with van der Waals surface area (Å²) in [5, 5.41) is 8.23. The van der Waals surface area contributed by atoms with Gasteiger partial charge in [0.1, 0.15) is 5.60 Å². The Balaban J connectivity index is 1.76. The molecule has 2 rings (SSSR count). The molecule has 1 aromatic carbocycles. The maximum absolute atomic E-state index is 11.9. The van der Waals surface area contributed by atoms with Gasteiger partial charge in [0.15, 0.2) is 0 Å². The van der Waals surface area contributed by atoms with E-state index >= 15 is 0 Å². The number of amides is 3. The van der Waals surface area contributed by atoms with E-state index in [1.165, 1.54) is 0 Å². The van der Waals surface area contributed by atoms with E-state index in [0.717, 1.165) is 11.3 Å². The van der Waals surface area contributed by atoms with Crippen LogP contribution in [0, 0.1) is 0 Å². The molecule has 1 unspecified atom stereocenters. The number of ether oxygens (including phenoxy) is 1. The van der Waals surface area contributed by atoms with E-state index < -0.39 is 11.7 Å². The number of anilines is 1. The molecule has 1 fully saturated rings. The molecule has 7 heteroatoms. The van der Waals surface area contributed by atoms with Crippen molar-refractivity contribution in [2.75, 3.05) is 18.4 Å². The molecule has 1 saturated heterocycles. The first-order chi connectivity index (χ1) is 11.7. The SMILES string of the molecule is CC(C)(C)OC(=O)NCCNc1ccc(C2CCC(=O)NC2=O)cc1. The predicted octanol–water partition coefficient (Wildman–Crippen LogP) is 2.14. The average molecular weight is 347 g/mol. The molecule has 1 heterocycles. The molecule has 7 nitrogen and oxygen atoms in total. The number of carbonyl (C=O) groups is 3. The fourth-order valence-electron chi connectivity index (χ4n) is 2.53. The number of imide groups is 1. The van der Waals surface area contributed by atoms with Crippen LogP contribution in [0.4, 0.5) is 10.5 Å². The van der Waals surface area contributed by atoms with E-state index in [-0.39, 0.29) is 17.7 Å². The molecule has 0 aromatic heterocycles. The molecule has 0 bridgehead atoms. The maximum atomic E-state index is 11.9. The molecule has 136 valence electrons. The van der Waals surface area contributed by atoms with Gasteiger partial charge in [-0.2, -0.15) is 0 Å². The third kappa shape index (κ3) is 6.10. The van der Waals surface area contributed by atoms with Crippen LogP contribution < -0.4 is 16.0 Å². The number of rotatable bonds is 5. The van der Waals surface area contributed by atoms with Crippen molar-refractivity contribution >= 4 is 23.6 Å². The van der Waals surface area contributed by atoms with Crippen molar-refractivity contribution in [3.05, 3.63) is 29.8 Å². The minimum Gasteiger partial charge on any atom is -0.444 e. The van der Waals surface area contributed by atoms with Crippen LogP contribution in [0.25, 0.3) is 0 Å². The van der Waals surface area contributed by atoms with Crippen molar-refractivity contribution in [3.8, 4) is 0 Å². The molecule has 0 spiro atoms. The Morgan fingerprint density at radius 3 is 2.48 bits per heavy atom. The minimum absolute atomic E-state index is 0.211. The number of piperidine rings is 1. The van der Waals surface area contributed by atoms with Gasteiger partial charge in [0.2, 0.25) is 11.8 Å². The molecule has 1 atom stereocenters. The fraction of sp³-hybridized carbons (Fsp3) is 0.500. The largest absolute Gasteiger partial charge is 0.444 e. The zero-order chi connectivity index (χ0) is 18.4. The minimum atomic E-state index is -0.511. The van der Waals surface area contributed by atoms with Gasteiger partial charge in [0.05, 0.1) is 5.92 Å². The smallest absolute Gasteiger partial charge is 0.407 e. The number of hydrogen-bond acceptors (Lipinski definition) is 5. The lowest BCUT2D eigenvalue weighted by atomic mass is 9.90. The Hall–Kier alpha value is -2.57.